The highest BCUT2D eigenvalue weighted by molar-refractivity contribution is 5.95. The van der Waals surface area contributed by atoms with E-state index in [9.17, 15) is 9.59 Å². The highest BCUT2D eigenvalue weighted by Crippen LogP contribution is 2.27. The number of piperidine rings is 1. The van der Waals surface area contributed by atoms with E-state index in [1.807, 2.05) is 19.1 Å². The Morgan fingerprint density at radius 3 is 2.73 bits per heavy atom. The zero-order chi connectivity index (χ0) is 18.9. The molecule has 1 fully saturated rings. The van der Waals surface area contributed by atoms with Crippen LogP contribution in [0, 0.1) is 12.3 Å². The Hall–Kier alpha value is -2.70. The lowest BCUT2D eigenvalue weighted by molar-refractivity contribution is -0.125. The summed E-state index contributed by atoms with van der Waals surface area (Å²) in [6.45, 7) is 8.02. The Morgan fingerprint density at radius 1 is 1.31 bits per heavy atom. The van der Waals surface area contributed by atoms with Crippen molar-refractivity contribution in [2.75, 3.05) is 0 Å². The minimum absolute atomic E-state index is 0.0393. The fourth-order valence-electron chi connectivity index (χ4n) is 3.30. The number of hydrogen-bond donors (Lipinski definition) is 3. The molecule has 0 saturated carbocycles. The van der Waals surface area contributed by atoms with Crippen LogP contribution in [-0.2, 0) is 4.79 Å². The number of aryl methyl sites for hydroxylation is 1. The summed E-state index contributed by atoms with van der Waals surface area (Å²) in [6, 6.07) is 7.04. The standard InChI is InChI=1S/C19H25N5O2/c1-11-20-17(24-23-11)12-6-5-7-13(10-12)18(26)21-14-8-9-15(25)22-16(14)19(2,3)4/h5-7,10,14,16H,8-9H2,1-4H3,(H,21,26)(H,22,25)(H,20,23,24)/t14-,16-/m1/s1. The van der Waals surface area contributed by atoms with Crippen LogP contribution in [0.1, 0.15) is 49.8 Å². The number of amides is 2. The Morgan fingerprint density at radius 2 is 2.08 bits per heavy atom. The number of benzene rings is 1. The van der Waals surface area contributed by atoms with Crippen molar-refractivity contribution in [3.05, 3.63) is 35.7 Å². The summed E-state index contributed by atoms with van der Waals surface area (Å²) >= 11 is 0. The third-order valence-corrected chi connectivity index (χ3v) is 4.63. The molecule has 1 saturated heterocycles. The lowest BCUT2D eigenvalue weighted by Crippen LogP contribution is -2.60. The van der Waals surface area contributed by atoms with Gasteiger partial charge in [-0.1, -0.05) is 32.9 Å². The van der Waals surface area contributed by atoms with Gasteiger partial charge < -0.3 is 10.6 Å². The van der Waals surface area contributed by atoms with E-state index in [-0.39, 0.29) is 29.3 Å². The maximum atomic E-state index is 12.8. The largest absolute Gasteiger partial charge is 0.351 e. The van der Waals surface area contributed by atoms with Gasteiger partial charge in [-0.05, 0) is 30.9 Å². The summed E-state index contributed by atoms with van der Waals surface area (Å²) in [7, 11) is 0. The predicted octanol–water partition coefficient (Wildman–Crippen LogP) is 2.20. The molecule has 0 aliphatic carbocycles. The van der Waals surface area contributed by atoms with Crippen molar-refractivity contribution in [1.82, 2.24) is 25.8 Å². The van der Waals surface area contributed by atoms with E-state index >= 15 is 0 Å². The quantitative estimate of drug-likeness (QED) is 0.786. The van der Waals surface area contributed by atoms with Gasteiger partial charge in [-0.2, -0.15) is 5.10 Å². The van der Waals surface area contributed by atoms with E-state index in [0.29, 0.717) is 24.2 Å². The van der Waals surface area contributed by atoms with E-state index in [1.54, 1.807) is 12.1 Å². The molecule has 0 bridgehead atoms. The van der Waals surface area contributed by atoms with E-state index in [1.165, 1.54) is 0 Å². The van der Waals surface area contributed by atoms with Gasteiger partial charge in [0.05, 0.1) is 12.1 Å². The zero-order valence-electron chi connectivity index (χ0n) is 15.6. The molecule has 138 valence electrons. The monoisotopic (exact) mass is 355 g/mol. The van der Waals surface area contributed by atoms with Crippen LogP contribution in [-0.4, -0.2) is 39.1 Å². The molecule has 2 aromatic rings. The maximum absolute atomic E-state index is 12.8. The van der Waals surface area contributed by atoms with Gasteiger partial charge in [-0.15, -0.1) is 0 Å². The van der Waals surface area contributed by atoms with Crippen molar-refractivity contribution in [3.8, 4) is 11.4 Å². The third-order valence-electron chi connectivity index (χ3n) is 4.63. The fraction of sp³-hybridized carbons (Fsp3) is 0.474. The van der Waals surface area contributed by atoms with E-state index in [2.05, 4.69) is 46.6 Å². The molecule has 1 aromatic heterocycles. The minimum atomic E-state index is -0.158. The molecule has 1 aliphatic rings. The summed E-state index contributed by atoms with van der Waals surface area (Å²) in [4.78, 5) is 28.9. The highest BCUT2D eigenvalue weighted by Gasteiger charge is 2.37. The van der Waals surface area contributed by atoms with Crippen LogP contribution in [0.3, 0.4) is 0 Å². The van der Waals surface area contributed by atoms with Gasteiger partial charge in [0.2, 0.25) is 5.91 Å². The molecule has 2 amide bonds. The molecule has 2 atom stereocenters. The first-order chi connectivity index (χ1) is 12.2. The third kappa shape index (κ3) is 3.92. The van der Waals surface area contributed by atoms with Crippen LogP contribution < -0.4 is 10.6 Å². The van der Waals surface area contributed by atoms with Gasteiger partial charge in [0.1, 0.15) is 5.82 Å². The Bertz CT molecular complexity index is 821. The predicted molar refractivity (Wildman–Crippen MR) is 98.4 cm³/mol. The van der Waals surface area contributed by atoms with E-state index < -0.39 is 0 Å². The van der Waals surface area contributed by atoms with Crippen molar-refractivity contribution >= 4 is 11.8 Å². The summed E-state index contributed by atoms with van der Waals surface area (Å²) in [5, 5.41) is 13.1. The van der Waals surface area contributed by atoms with Crippen LogP contribution in [0.2, 0.25) is 0 Å². The zero-order valence-corrected chi connectivity index (χ0v) is 15.6. The molecule has 7 heteroatoms. The van der Waals surface area contributed by atoms with Gasteiger partial charge in [0.25, 0.3) is 5.91 Å². The number of hydrogen-bond acceptors (Lipinski definition) is 4. The SMILES string of the molecule is Cc1nc(-c2cccc(C(=O)N[C@@H]3CCC(=O)N[C@H]3C(C)(C)C)c2)n[nH]1. The second-order valence-corrected chi connectivity index (χ2v) is 7.86. The summed E-state index contributed by atoms with van der Waals surface area (Å²) in [6.07, 6.45) is 1.06. The van der Waals surface area contributed by atoms with E-state index in [4.69, 9.17) is 0 Å². The van der Waals surface area contributed by atoms with Crippen LogP contribution in [0.25, 0.3) is 11.4 Å². The van der Waals surface area contributed by atoms with Crippen LogP contribution in [0.5, 0.6) is 0 Å². The lowest BCUT2D eigenvalue weighted by Gasteiger charge is -2.41. The van der Waals surface area contributed by atoms with Crippen LogP contribution in [0.15, 0.2) is 24.3 Å². The second kappa shape index (κ2) is 6.90. The molecule has 26 heavy (non-hydrogen) atoms. The molecule has 0 unspecified atom stereocenters. The van der Waals surface area contributed by atoms with Crippen molar-refractivity contribution in [1.29, 1.82) is 0 Å². The number of nitrogens with one attached hydrogen (secondary N) is 3. The highest BCUT2D eigenvalue weighted by atomic mass is 16.2. The lowest BCUT2D eigenvalue weighted by atomic mass is 9.78. The molecule has 0 radical (unpaired) electrons. The van der Waals surface area contributed by atoms with Gasteiger partial charge >= 0.3 is 0 Å². The average molecular weight is 355 g/mol. The van der Waals surface area contributed by atoms with Crippen molar-refractivity contribution < 1.29 is 9.59 Å². The molecule has 0 spiro atoms. The Kier molecular flexibility index (Phi) is 4.80. The second-order valence-electron chi connectivity index (χ2n) is 7.86. The van der Waals surface area contributed by atoms with Crippen LogP contribution >= 0.6 is 0 Å². The first-order valence-corrected chi connectivity index (χ1v) is 8.84. The molecule has 7 nitrogen and oxygen atoms in total. The molecule has 1 aromatic carbocycles. The van der Waals surface area contributed by atoms with Crippen LogP contribution in [0.4, 0.5) is 0 Å². The summed E-state index contributed by atoms with van der Waals surface area (Å²) in [5.74, 6) is 1.17. The number of carbonyl (C=O) groups is 2. The first-order valence-electron chi connectivity index (χ1n) is 8.84. The van der Waals surface area contributed by atoms with E-state index in [0.717, 1.165) is 11.4 Å². The smallest absolute Gasteiger partial charge is 0.251 e. The molecule has 1 aliphatic heterocycles. The summed E-state index contributed by atoms with van der Waals surface area (Å²) < 4.78 is 0. The number of carbonyl (C=O) groups excluding carboxylic acids is 2. The first kappa shape index (κ1) is 18.1. The average Bonchev–Trinajstić information content (AvgIpc) is 3.02. The molecular weight excluding hydrogens is 330 g/mol. The van der Waals surface area contributed by atoms with Gasteiger partial charge in [0, 0.05) is 17.5 Å². The van der Waals surface area contributed by atoms with Crippen molar-refractivity contribution in [2.24, 2.45) is 5.41 Å². The Labute approximate surface area is 153 Å². The summed E-state index contributed by atoms with van der Waals surface area (Å²) in [5.41, 5.74) is 1.19. The number of H-pyrrole nitrogens is 1. The maximum Gasteiger partial charge on any atom is 0.251 e. The molecule has 3 rings (SSSR count). The van der Waals surface area contributed by atoms with Crippen molar-refractivity contribution in [3.63, 3.8) is 0 Å². The minimum Gasteiger partial charge on any atom is -0.351 e. The topological polar surface area (TPSA) is 99.8 Å². The number of nitrogens with zero attached hydrogens (tertiary/aromatic N) is 2. The number of aromatic amines is 1. The Balaban J connectivity index is 1.78. The van der Waals surface area contributed by atoms with Crippen molar-refractivity contribution in [2.45, 2.75) is 52.6 Å². The molecule has 3 N–H and O–H groups in total. The molecule has 2 heterocycles. The molecular formula is C19H25N5O2. The number of rotatable bonds is 3. The normalized spacial score (nSPS) is 20.5. The van der Waals surface area contributed by atoms with Gasteiger partial charge in [-0.25, -0.2) is 4.98 Å². The van der Waals surface area contributed by atoms with Gasteiger partial charge in [0.15, 0.2) is 5.82 Å². The fourth-order valence-corrected chi connectivity index (χ4v) is 3.30. The van der Waals surface area contributed by atoms with Gasteiger partial charge in [-0.3, -0.25) is 14.7 Å². The number of aromatic nitrogens is 3.